The van der Waals surface area contributed by atoms with E-state index in [-0.39, 0.29) is 20.1 Å². The molecule has 0 aliphatic rings. The van der Waals surface area contributed by atoms with Gasteiger partial charge in [-0.15, -0.1) is 23.8 Å². The van der Waals surface area contributed by atoms with E-state index in [2.05, 4.69) is 103 Å². The second-order valence-corrected chi connectivity index (χ2v) is 8.61. The minimum absolute atomic E-state index is 0. The number of hydrogen-bond acceptors (Lipinski definition) is 4. The first-order chi connectivity index (χ1) is 15.9. The maximum atomic E-state index is 5.36. The normalized spacial score (nSPS) is 10.9. The van der Waals surface area contributed by atoms with Crippen LogP contribution in [0, 0.1) is 40.7 Å². The fraction of sp³-hybridized carbons (Fsp3) is 0.172. The van der Waals surface area contributed by atoms with E-state index < -0.39 is 0 Å². The molecule has 0 fully saturated rings. The molecule has 2 aromatic heterocycles. The molecular weight excluding hydrogens is 599 g/mol. The molecule has 2 heterocycles. The van der Waals surface area contributed by atoms with Crippen molar-refractivity contribution in [2.45, 2.75) is 34.6 Å². The number of nitrogens with zero attached hydrogens (tertiary/aromatic N) is 3. The van der Waals surface area contributed by atoms with Crippen LogP contribution in [-0.2, 0) is 20.1 Å². The Morgan fingerprint density at radius 2 is 1.38 bits per heavy atom. The number of anilines is 3. The summed E-state index contributed by atoms with van der Waals surface area (Å²) in [5.41, 5.74) is 11.7. The molecule has 0 saturated heterocycles. The SMILES string of the molecule is Cc1cccc(C)c1N(c1ccnc(-c2[c-]cc3onc(C)c3c2)c1)c1c(C)cccc1C.[Ir]. The maximum absolute atomic E-state index is 5.36. The fourth-order valence-corrected chi connectivity index (χ4v) is 4.54. The number of aryl methyl sites for hydroxylation is 5. The number of fused-ring (bicyclic) bond motifs is 1. The van der Waals surface area contributed by atoms with Crippen molar-refractivity contribution in [2.75, 3.05) is 4.90 Å². The van der Waals surface area contributed by atoms with E-state index in [1.54, 1.807) is 0 Å². The molecule has 0 bridgehead atoms. The van der Waals surface area contributed by atoms with Gasteiger partial charge in [0.2, 0.25) is 0 Å². The average molecular weight is 625 g/mol. The van der Waals surface area contributed by atoms with Gasteiger partial charge in [0.15, 0.2) is 0 Å². The summed E-state index contributed by atoms with van der Waals surface area (Å²) in [4.78, 5) is 7.05. The van der Waals surface area contributed by atoms with Gasteiger partial charge in [-0.2, -0.15) is 0 Å². The van der Waals surface area contributed by atoms with Crippen LogP contribution in [0.15, 0.2) is 71.4 Å². The van der Waals surface area contributed by atoms with E-state index in [0.29, 0.717) is 0 Å². The molecule has 5 rings (SSSR count). The molecule has 0 spiro atoms. The zero-order valence-electron chi connectivity index (χ0n) is 19.9. The molecule has 0 aliphatic carbocycles. The quantitative estimate of drug-likeness (QED) is 0.192. The Balaban J connectivity index is 0.00000274. The molecule has 0 atom stereocenters. The van der Waals surface area contributed by atoms with Crippen LogP contribution in [0.4, 0.5) is 17.1 Å². The zero-order valence-corrected chi connectivity index (χ0v) is 22.3. The van der Waals surface area contributed by atoms with Crippen LogP contribution in [0.3, 0.4) is 0 Å². The third-order valence-electron chi connectivity index (χ3n) is 6.19. The summed E-state index contributed by atoms with van der Waals surface area (Å²) in [5, 5.41) is 5.05. The molecule has 3 aromatic carbocycles. The predicted molar refractivity (Wildman–Crippen MR) is 134 cm³/mol. The van der Waals surface area contributed by atoms with Crippen molar-refractivity contribution in [1.82, 2.24) is 10.1 Å². The zero-order chi connectivity index (χ0) is 23.1. The van der Waals surface area contributed by atoms with Crippen molar-refractivity contribution in [3.63, 3.8) is 0 Å². The molecule has 1 radical (unpaired) electrons. The van der Waals surface area contributed by atoms with Gasteiger partial charge in [-0.05, 0) is 74.0 Å². The van der Waals surface area contributed by atoms with Gasteiger partial charge in [-0.1, -0.05) is 47.6 Å². The first-order valence-electron chi connectivity index (χ1n) is 11.1. The Bertz CT molecular complexity index is 1400. The largest absolute Gasteiger partial charge is 0.403 e. The fourth-order valence-electron chi connectivity index (χ4n) is 4.54. The van der Waals surface area contributed by atoms with Gasteiger partial charge in [0.25, 0.3) is 0 Å². The smallest absolute Gasteiger partial charge is 0.0830 e. The van der Waals surface area contributed by atoms with Gasteiger partial charge in [-0.3, -0.25) is 0 Å². The summed E-state index contributed by atoms with van der Waals surface area (Å²) in [5.74, 6) is 0. The van der Waals surface area contributed by atoms with Crippen molar-refractivity contribution in [2.24, 2.45) is 0 Å². The topological polar surface area (TPSA) is 42.2 Å². The minimum atomic E-state index is 0. The maximum Gasteiger partial charge on any atom is 0.0830 e. The summed E-state index contributed by atoms with van der Waals surface area (Å²) in [7, 11) is 0. The monoisotopic (exact) mass is 625 g/mol. The first-order valence-corrected chi connectivity index (χ1v) is 11.1. The Morgan fingerprint density at radius 3 is 1.97 bits per heavy atom. The van der Waals surface area contributed by atoms with Gasteiger partial charge >= 0.3 is 0 Å². The van der Waals surface area contributed by atoms with Crippen LogP contribution in [0.1, 0.15) is 27.9 Å². The van der Waals surface area contributed by atoms with Gasteiger partial charge < -0.3 is 14.4 Å². The summed E-state index contributed by atoms with van der Waals surface area (Å²) in [6.07, 6.45) is 1.87. The summed E-state index contributed by atoms with van der Waals surface area (Å²) < 4.78 is 5.36. The van der Waals surface area contributed by atoms with Crippen LogP contribution in [-0.4, -0.2) is 10.1 Å². The summed E-state index contributed by atoms with van der Waals surface area (Å²) in [6, 6.07) is 24.3. The van der Waals surface area contributed by atoms with E-state index in [4.69, 9.17) is 4.52 Å². The van der Waals surface area contributed by atoms with Crippen molar-refractivity contribution < 1.29 is 24.6 Å². The van der Waals surface area contributed by atoms with E-state index in [0.717, 1.165) is 33.6 Å². The van der Waals surface area contributed by atoms with Crippen LogP contribution >= 0.6 is 0 Å². The summed E-state index contributed by atoms with van der Waals surface area (Å²) >= 11 is 0. The Hall–Kier alpha value is -3.27. The molecule has 5 aromatic rings. The number of hydrogen-bond donors (Lipinski definition) is 0. The van der Waals surface area contributed by atoms with E-state index >= 15 is 0 Å². The third kappa shape index (κ3) is 4.18. The van der Waals surface area contributed by atoms with Gasteiger partial charge in [0, 0.05) is 32.0 Å². The van der Waals surface area contributed by atoms with Gasteiger partial charge in [0.05, 0.1) is 22.7 Å². The Kier molecular flexibility index (Phi) is 6.69. The average Bonchev–Trinajstić information content (AvgIpc) is 3.18. The van der Waals surface area contributed by atoms with Crippen LogP contribution in [0.5, 0.6) is 0 Å². The number of benzene rings is 3. The van der Waals surface area contributed by atoms with E-state index in [1.165, 1.54) is 33.6 Å². The van der Waals surface area contributed by atoms with Crippen molar-refractivity contribution in [1.29, 1.82) is 0 Å². The Morgan fingerprint density at radius 1 is 0.794 bits per heavy atom. The van der Waals surface area contributed by atoms with E-state index in [9.17, 15) is 0 Å². The van der Waals surface area contributed by atoms with E-state index in [1.807, 2.05) is 19.2 Å². The minimum Gasteiger partial charge on any atom is -0.403 e. The molecule has 5 heteroatoms. The van der Waals surface area contributed by atoms with Gasteiger partial charge in [-0.25, -0.2) is 0 Å². The summed E-state index contributed by atoms with van der Waals surface area (Å²) in [6.45, 7) is 10.6. The molecule has 4 nitrogen and oxygen atoms in total. The van der Waals surface area contributed by atoms with Crippen molar-refractivity contribution >= 4 is 28.0 Å². The molecule has 0 N–H and O–H groups in total. The molecule has 0 saturated carbocycles. The first kappa shape index (κ1) is 23.9. The molecule has 0 unspecified atom stereocenters. The van der Waals surface area contributed by atoms with Gasteiger partial charge in [0.1, 0.15) is 0 Å². The predicted octanol–water partition coefficient (Wildman–Crippen LogP) is 7.70. The molecule has 0 aliphatic heterocycles. The van der Waals surface area contributed by atoms with Crippen LogP contribution in [0.25, 0.3) is 22.2 Å². The van der Waals surface area contributed by atoms with Crippen LogP contribution < -0.4 is 4.90 Å². The number of pyridine rings is 1. The second kappa shape index (κ2) is 9.53. The third-order valence-corrected chi connectivity index (χ3v) is 6.19. The number of aromatic nitrogens is 2. The number of para-hydroxylation sites is 2. The number of rotatable bonds is 4. The van der Waals surface area contributed by atoms with Crippen LogP contribution in [0.2, 0.25) is 0 Å². The Labute approximate surface area is 214 Å². The molecular formula is C29H26IrN3O-. The van der Waals surface area contributed by atoms with Crippen molar-refractivity contribution in [3.05, 3.63) is 101 Å². The standard InChI is InChI=1S/C29H26N3O.Ir/c1-18-8-6-9-19(2)28(18)32(29-20(3)10-7-11-21(29)4)24-14-15-30-26(17-24)23-12-13-27-25(16-23)22(5)31-33-27;/h6-11,13-17H,1-5H3;/q-1;. The molecule has 34 heavy (non-hydrogen) atoms. The second-order valence-electron chi connectivity index (χ2n) is 8.61. The molecule has 0 amide bonds. The molecule has 173 valence electrons. The van der Waals surface area contributed by atoms with Crippen molar-refractivity contribution in [3.8, 4) is 11.3 Å².